The molecule has 3 N–H and O–H groups in total. The molecule has 1 aromatic carbocycles. The first kappa shape index (κ1) is 21.0. The Hall–Kier alpha value is -1.68. The molecule has 0 unspecified atom stereocenters. The van der Waals surface area contributed by atoms with Crippen molar-refractivity contribution in [2.24, 2.45) is 5.92 Å². The van der Waals surface area contributed by atoms with Crippen LogP contribution in [0.15, 0.2) is 29.2 Å². The van der Waals surface area contributed by atoms with Gasteiger partial charge < -0.3 is 19.9 Å². The zero-order valence-corrected chi connectivity index (χ0v) is 16.8. The van der Waals surface area contributed by atoms with Gasteiger partial charge in [-0.25, -0.2) is 13.1 Å². The number of methoxy groups -OCH3 is 1. The fraction of sp³-hybridized carbons (Fsp3) is 0.632. The Bertz CT molecular complexity index is 780. The second-order valence-corrected chi connectivity index (χ2v) is 8.97. The molecule has 1 heterocycles. The predicted octanol–water partition coefficient (Wildman–Crippen LogP) is 0.798. The van der Waals surface area contributed by atoms with Crippen LogP contribution >= 0.6 is 0 Å². The molecule has 1 amide bonds. The van der Waals surface area contributed by atoms with Crippen LogP contribution in [-0.4, -0.2) is 57.9 Å². The number of sulfonamides is 1. The molecule has 1 aliphatic heterocycles. The van der Waals surface area contributed by atoms with Gasteiger partial charge in [-0.15, -0.1) is 0 Å². The molecule has 3 atom stereocenters. The van der Waals surface area contributed by atoms with Crippen molar-refractivity contribution in [3.63, 3.8) is 0 Å². The van der Waals surface area contributed by atoms with Gasteiger partial charge in [0.1, 0.15) is 10.6 Å². The molecule has 0 bridgehead atoms. The van der Waals surface area contributed by atoms with E-state index in [0.717, 1.165) is 12.8 Å². The number of para-hydroxylation sites is 1. The summed E-state index contributed by atoms with van der Waals surface area (Å²) >= 11 is 0. The number of rotatable bonds is 9. The van der Waals surface area contributed by atoms with Gasteiger partial charge in [0.05, 0.1) is 32.0 Å². The largest absolute Gasteiger partial charge is 0.495 e. The number of aliphatic hydroxyl groups excluding tert-OH is 1. The highest BCUT2D eigenvalue weighted by molar-refractivity contribution is 7.89. The summed E-state index contributed by atoms with van der Waals surface area (Å²) in [6, 6.07) is 5.86. The van der Waals surface area contributed by atoms with Crippen molar-refractivity contribution in [2.75, 3.05) is 20.3 Å². The normalized spacial score (nSPS) is 25.3. The average molecular weight is 413 g/mol. The standard InChI is InChI=1S/C19H28N2O6S/c1-26-16-4-2-3-5-18(16)28(24,25)21-15-9-8-14(27-17(15)12-22)10-11-20-19(23)13-6-7-13/h2-5,13-15,17,21-22H,6-12H2,1H3,(H,20,23)/t14-,15+,17+/m0/s1. The smallest absolute Gasteiger partial charge is 0.244 e. The van der Waals surface area contributed by atoms with Crippen LogP contribution in [0.4, 0.5) is 0 Å². The van der Waals surface area contributed by atoms with Crippen molar-refractivity contribution < 1.29 is 27.8 Å². The predicted molar refractivity (Wildman–Crippen MR) is 102 cm³/mol. The molecule has 2 fully saturated rings. The van der Waals surface area contributed by atoms with E-state index in [2.05, 4.69) is 10.0 Å². The van der Waals surface area contributed by atoms with Crippen LogP contribution in [0.5, 0.6) is 5.75 Å². The second kappa shape index (κ2) is 9.21. The molecule has 3 rings (SSSR count). The van der Waals surface area contributed by atoms with E-state index in [9.17, 15) is 18.3 Å². The van der Waals surface area contributed by atoms with Gasteiger partial charge in [-0.2, -0.15) is 0 Å². The van der Waals surface area contributed by atoms with E-state index in [-0.39, 0.29) is 35.2 Å². The number of hydrogen-bond acceptors (Lipinski definition) is 6. The molecule has 1 aliphatic carbocycles. The Morgan fingerprint density at radius 2 is 2.00 bits per heavy atom. The SMILES string of the molecule is COc1ccccc1S(=O)(=O)N[C@@H]1CC[C@@H](CCNC(=O)C2CC2)O[C@@H]1CO. The first-order chi connectivity index (χ1) is 13.4. The minimum absolute atomic E-state index is 0.0547. The third-order valence-corrected chi connectivity index (χ3v) is 6.70. The fourth-order valence-electron chi connectivity index (χ4n) is 3.43. The van der Waals surface area contributed by atoms with Crippen LogP contribution in [-0.2, 0) is 19.6 Å². The van der Waals surface area contributed by atoms with Crippen LogP contribution in [0, 0.1) is 5.92 Å². The first-order valence-electron chi connectivity index (χ1n) is 9.64. The molecule has 1 saturated heterocycles. The minimum atomic E-state index is -3.82. The molecule has 8 nitrogen and oxygen atoms in total. The summed E-state index contributed by atoms with van der Waals surface area (Å²) in [5.41, 5.74) is 0. The number of ether oxygens (including phenoxy) is 2. The number of benzene rings is 1. The maximum absolute atomic E-state index is 12.8. The van der Waals surface area contributed by atoms with E-state index in [0.29, 0.717) is 25.8 Å². The molecule has 156 valence electrons. The second-order valence-electron chi connectivity index (χ2n) is 7.29. The van der Waals surface area contributed by atoms with Gasteiger partial charge in [-0.3, -0.25) is 4.79 Å². The van der Waals surface area contributed by atoms with E-state index in [1.807, 2.05) is 0 Å². The van der Waals surface area contributed by atoms with Crippen molar-refractivity contribution in [1.29, 1.82) is 0 Å². The molecule has 0 spiro atoms. The molecule has 0 aromatic heterocycles. The van der Waals surface area contributed by atoms with Crippen LogP contribution in [0.25, 0.3) is 0 Å². The lowest BCUT2D eigenvalue weighted by molar-refractivity contribution is -0.122. The van der Waals surface area contributed by atoms with E-state index in [1.54, 1.807) is 18.2 Å². The highest BCUT2D eigenvalue weighted by Gasteiger charge is 2.35. The van der Waals surface area contributed by atoms with Crippen molar-refractivity contribution in [2.45, 2.75) is 55.2 Å². The third-order valence-electron chi connectivity index (χ3n) is 5.17. The number of hydrogen-bond donors (Lipinski definition) is 3. The zero-order valence-electron chi connectivity index (χ0n) is 16.0. The number of nitrogens with one attached hydrogen (secondary N) is 2. The highest BCUT2D eigenvalue weighted by atomic mass is 32.2. The topological polar surface area (TPSA) is 114 Å². The lowest BCUT2D eigenvalue weighted by atomic mass is 9.98. The van der Waals surface area contributed by atoms with Crippen LogP contribution < -0.4 is 14.8 Å². The molecule has 1 saturated carbocycles. The average Bonchev–Trinajstić information content (AvgIpc) is 3.54. The summed E-state index contributed by atoms with van der Waals surface area (Å²) in [4.78, 5) is 11.7. The number of carbonyl (C=O) groups excluding carboxylic acids is 1. The van der Waals surface area contributed by atoms with E-state index < -0.39 is 22.2 Å². The maximum Gasteiger partial charge on any atom is 0.244 e. The summed E-state index contributed by atoms with van der Waals surface area (Å²) in [5.74, 6) is 0.528. The van der Waals surface area contributed by atoms with Crippen molar-refractivity contribution in [3.8, 4) is 5.75 Å². The summed E-state index contributed by atoms with van der Waals surface area (Å²) in [7, 11) is -2.40. The minimum Gasteiger partial charge on any atom is -0.495 e. The molecule has 0 radical (unpaired) electrons. The lowest BCUT2D eigenvalue weighted by Gasteiger charge is -2.36. The van der Waals surface area contributed by atoms with Crippen LogP contribution in [0.2, 0.25) is 0 Å². The van der Waals surface area contributed by atoms with Crippen LogP contribution in [0.1, 0.15) is 32.1 Å². The summed E-state index contributed by atoms with van der Waals surface area (Å²) in [5, 5.41) is 12.6. The van der Waals surface area contributed by atoms with Gasteiger partial charge in [0.25, 0.3) is 0 Å². The molecular weight excluding hydrogens is 384 g/mol. The number of carbonyl (C=O) groups is 1. The fourth-order valence-corrected chi connectivity index (χ4v) is 4.90. The summed E-state index contributed by atoms with van der Waals surface area (Å²) in [6.07, 6.45) is 3.00. The molecule has 9 heteroatoms. The Morgan fingerprint density at radius 3 is 2.68 bits per heavy atom. The molecule has 1 aromatic rings. The van der Waals surface area contributed by atoms with E-state index >= 15 is 0 Å². The molecular formula is C19H28N2O6S. The Balaban J connectivity index is 1.55. The van der Waals surface area contributed by atoms with Gasteiger partial charge in [0.2, 0.25) is 15.9 Å². The Labute approximate surface area is 165 Å². The first-order valence-corrected chi connectivity index (χ1v) is 11.1. The monoisotopic (exact) mass is 412 g/mol. The Morgan fingerprint density at radius 1 is 1.25 bits per heavy atom. The van der Waals surface area contributed by atoms with Crippen LogP contribution in [0.3, 0.4) is 0 Å². The Kier molecular flexibility index (Phi) is 6.92. The van der Waals surface area contributed by atoms with E-state index in [1.165, 1.54) is 13.2 Å². The number of aliphatic hydroxyl groups is 1. The van der Waals surface area contributed by atoms with Crippen molar-refractivity contribution >= 4 is 15.9 Å². The quantitative estimate of drug-likeness (QED) is 0.553. The zero-order chi connectivity index (χ0) is 20.1. The number of amides is 1. The third kappa shape index (κ3) is 5.22. The van der Waals surface area contributed by atoms with Gasteiger partial charge in [-0.05, 0) is 44.2 Å². The van der Waals surface area contributed by atoms with Gasteiger partial charge in [0.15, 0.2) is 0 Å². The molecule has 28 heavy (non-hydrogen) atoms. The highest BCUT2D eigenvalue weighted by Crippen LogP contribution is 2.29. The molecule has 2 aliphatic rings. The van der Waals surface area contributed by atoms with E-state index in [4.69, 9.17) is 9.47 Å². The maximum atomic E-state index is 12.8. The summed E-state index contributed by atoms with van der Waals surface area (Å²) < 4.78 is 39.2. The van der Waals surface area contributed by atoms with Crippen molar-refractivity contribution in [3.05, 3.63) is 24.3 Å². The van der Waals surface area contributed by atoms with Gasteiger partial charge in [-0.1, -0.05) is 12.1 Å². The lowest BCUT2D eigenvalue weighted by Crippen LogP contribution is -2.51. The summed E-state index contributed by atoms with van der Waals surface area (Å²) in [6.45, 7) is 0.236. The van der Waals surface area contributed by atoms with Crippen molar-refractivity contribution in [1.82, 2.24) is 10.0 Å². The van der Waals surface area contributed by atoms with Gasteiger partial charge in [0, 0.05) is 12.5 Å². The van der Waals surface area contributed by atoms with Gasteiger partial charge >= 0.3 is 0 Å².